The average Bonchev–Trinajstić information content (AvgIpc) is 2.93. The summed E-state index contributed by atoms with van der Waals surface area (Å²) in [5.74, 6) is -1.04. The van der Waals surface area contributed by atoms with Crippen molar-refractivity contribution in [3.05, 3.63) is 28.8 Å². The number of aromatic carboxylic acids is 1. The van der Waals surface area contributed by atoms with Gasteiger partial charge in [-0.1, -0.05) is 0 Å². The Balaban J connectivity index is 1.98. The summed E-state index contributed by atoms with van der Waals surface area (Å²) in [5.41, 5.74) is 2.40. The molecule has 114 valence electrons. The van der Waals surface area contributed by atoms with Crippen LogP contribution in [-0.2, 0) is 4.79 Å². The monoisotopic (exact) mass is 290 g/mol. The Kier molecular flexibility index (Phi) is 4.96. The minimum atomic E-state index is -0.969. The van der Waals surface area contributed by atoms with Crippen molar-refractivity contribution in [2.45, 2.75) is 33.1 Å². The van der Waals surface area contributed by atoms with E-state index in [4.69, 9.17) is 0 Å². The van der Waals surface area contributed by atoms with E-state index in [-0.39, 0.29) is 11.5 Å². The van der Waals surface area contributed by atoms with Crippen LogP contribution in [0.4, 0.5) is 5.69 Å². The predicted molar refractivity (Wildman–Crippen MR) is 81.8 cm³/mol. The third kappa shape index (κ3) is 4.04. The second-order valence-electron chi connectivity index (χ2n) is 5.62. The number of benzene rings is 1. The topological polar surface area (TPSA) is 69.6 Å². The summed E-state index contributed by atoms with van der Waals surface area (Å²) in [5, 5.41) is 12.0. The van der Waals surface area contributed by atoms with Gasteiger partial charge in [0, 0.05) is 18.7 Å². The molecule has 1 aromatic carbocycles. The Bertz CT molecular complexity index is 549. The van der Waals surface area contributed by atoms with Gasteiger partial charge in [-0.2, -0.15) is 0 Å². The van der Waals surface area contributed by atoms with Gasteiger partial charge in [0.05, 0.1) is 5.56 Å². The van der Waals surface area contributed by atoms with Gasteiger partial charge in [-0.05, 0) is 63.0 Å². The highest BCUT2D eigenvalue weighted by atomic mass is 16.4. The molecule has 0 saturated carbocycles. The number of anilines is 1. The summed E-state index contributed by atoms with van der Waals surface area (Å²) in [4.78, 5) is 25.4. The lowest BCUT2D eigenvalue weighted by molar-refractivity contribution is -0.116. The standard InChI is InChI=1S/C16H22N2O3/c1-11-9-13(10-14(12(11)2)16(20)21)17-15(19)5-8-18-6-3-4-7-18/h9-10H,3-8H2,1-2H3,(H,17,19)(H,20,21). The van der Waals surface area contributed by atoms with Crippen molar-refractivity contribution in [2.24, 2.45) is 0 Å². The van der Waals surface area contributed by atoms with Gasteiger partial charge in [0.25, 0.3) is 0 Å². The van der Waals surface area contributed by atoms with Gasteiger partial charge in [0.1, 0.15) is 0 Å². The molecule has 1 aromatic rings. The number of nitrogens with one attached hydrogen (secondary N) is 1. The number of likely N-dealkylation sites (tertiary alicyclic amines) is 1. The predicted octanol–water partition coefficient (Wildman–Crippen LogP) is 2.43. The van der Waals surface area contributed by atoms with Gasteiger partial charge in [0.15, 0.2) is 0 Å². The maximum absolute atomic E-state index is 12.0. The first kappa shape index (κ1) is 15.5. The first-order chi connectivity index (χ1) is 9.97. The number of carboxylic acids is 1. The fourth-order valence-electron chi connectivity index (χ4n) is 2.64. The van der Waals surface area contributed by atoms with Crippen molar-refractivity contribution < 1.29 is 14.7 Å². The van der Waals surface area contributed by atoms with Gasteiger partial charge < -0.3 is 15.3 Å². The average molecular weight is 290 g/mol. The second kappa shape index (κ2) is 6.72. The molecule has 1 heterocycles. The molecule has 0 atom stereocenters. The molecule has 2 N–H and O–H groups in total. The Hall–Kier alpha value is -1.88. The molecule has 5 heteroatoms. The van der Waals surface area contributed by atoms with E-state index in [0.717, 1.165) is 30.8 Å². The summed E-state index contributed by atoms with van der Waals surface area (Å²) >= 11 is 0. The molecule has 0 radical (unpaired) electrons. The molecule has 1 aliphatic rings. The maximum atomic E-state index is 12.0. The van der Waals surface area contributed by atoms with Crippen molar-refractivity contribution in [1.29, 1.82) is 0 Å². The van der Waals surface area contributed by atoms with Gasteiger partial charge in [-0.3, -0.25) is 4.79 Å². The Morgan fingerprint density at radius 3 is 2.52 bits per heavy atom. The number of carbonyl (C=O) groups excluding carboxylic acids is 1. The number of hydrogen-bond acceptors (Lipinski definition) is 3. The van der Waals surface area contributed by atoms with Crippen molar-refractivity contribution in [3.8, 4) is 0 Å². The van der Waals surface area contributed by atoms with Crippen LogP contribution in [0.3, 0.4) is 0 Å². The molecule has 1 saturated heterocycles. The van der Waals surface area contributed by atoms with Gasteiger partial charge in [-0.15, -0.1) is 0 Å². The van der Waals surface area contributed by atoms with Gasteiger partial charge in [0.2, 0.25) is 5.91 Å². The van der Waals surface area contributed by atoms with E-state index in [0.29, 0.717) is 12.1 Å². The second-order valence-corrected chi connectivity index (χ2v) is 5.62. The van der Waals surface area contributed by atoms with Crippen LogP contribution in [0.1, 0.15) is 40.7 Å². The van der Waals surface area contributed by atoms with E-state index < -0.39 is 5.97 Å². The Morgan fingerprint density at radius 1 is 1.24 bits per heavy atom. The molecule has 1 amide bonds. The number of aryl methyl sites for hydroxylation is 1. The SMILES string of the molecule is Cc1cc(NC(=O)CCN2CCCC2)cc(C(=O)O)c1C. The highest BCUT2D eigenvalue weighted by molar-refractivity contribution is 5.95. The first-order valence-corrected chi connectivity index (χ1v) is 7.34. The van der Waals surface area contributed by atoms with Crippen LogP contribution in [0, 0.1) is 13.8 Å². The third-order valence-corrected chi connectivity index (χ3v) is 4.04. The fourth-order valence-corrected chi connectivity index (χ4v) is 2.64. The number of hydrogen-bond donors (Lipinski definition) is 2. The molecule has 0 aromatic heterocycles. The third-order valence-electron chi connectivity index (χ3n) is 4.04. The number of nitrogens with zero attached hydrogens (tertiary/aromatic N) is 1. The molecule has 0 aliphatic carbocycles. The fraction of sp³-hybridized carbons (Fsp3) is 0.500. The van der Waals surface area contributed by atoms with Gasteiger partial charge >= 0.3 is 5.97 Å². The molecule has 5 nitrogen and oxygen atoms in total. The molecule has 0 bridgehead atoms. The zero-order chi connectivity index (χ0) is 15.4. The van der Waals surface area contributed by atoms with Crippen molar-refractivity contribution >= 4 is 17.6 Å². The molecule has 0 spiro atoms. The number of rotatable bonds is 5. The Morgan fingerprint density at radius 2 is 1.90 bits per heavy atom. The molecule has 1 fully saturated rings. The first-order valence-electron chi connectivity index (χ1n) is 7.34. The van der Waals surface area contributed by atoms with Crippen molar-refractivity contribution in [2.75, 3.05) is 25.0 Å². The molecule has 1 aliphatic heterocycles. The highest BCUT2D eigenvalue weighted by Crippen LogP contribution is 2.20. The quantitative estimate of drug-likeness (QED) is 0.874. The zero-order valence-electron chi connectivity index (χ0n) is 12.6. The molecular formula is C16H22N2O3. The number of amides is 1. The highest BCUT2D eigenvalue weighted by Gasteiger charge is 2.14. The van der Waals surface area contributed by atoms with E-state index in [9.17, 15) is 14.7 Å². The lowest BCUT2D eigenvalue weighted by Gasteiger charge is -2.14. The summed E-state index contributed by atoms with van der Waals surface area (Å²) in [7, 11) is 0. The van der Waals surface area contributed by atoms with E-state index in [2.05, 4.69) is 10.2 Å². The van der Waals surface area contributed by atoms with Crippen LogP contribution >= 0.6 is 0 Å². The molecule has 21 heavy (non-hydrogen) atoms. The minimum Gasteiger partial charge on any atom is -0.478 e. The summed E-state index contributed by atoms with van der Waals surface area (Å²) in [6, 6.07) is 3.34. The lowest BCUT2D eigenvalue weighted by atomic mass is 10.0. The van der Waals surface area contributed by atoms with Crippen LogP contribution < -0.4 is 5.32 Å². The van der Waals surface area contributed by atoms with E-state index in [1.807, 2.05) is 13.0 Å². The normalized spacial score (nSPS) is 15.1. The van der Waals surface area contributed by atoms with Crippen molar-refractivity contribution in [3.63, 3.8) is 0 Å². The largest absolute Gasteiger partial charge is 0.478 e. The zero-order valence-corrected chi connectivity index (χ0v) is 12.6. The summed E-state index contributed by atoms with van der Waals surface area (Å²) < 4.78 is 0. The van der Waals surface area contributed by atoms with Crippen LogP contribution in [0.5, 0.6) is 0 Å². The summed E-state index contributed by atoms with van der Waals surface area (Å²) in [6.45, 7) is 6.53. The number of carbonyl (C=O) groups is 2. The van der Waals surface area contributed by atoms with E-state index in [1.54, 1.807) is 6.92 Å². The lowest BCUT2D eigenvalue weighted by Crippen LogP contribution is -2.25. The smallest absolute Gasteiger partial charge is 0.336 e. The van der Waals surface area contributed by atoms with Crippen LogP contribution in [-0.4, -0.2) is 41.5 Å². The minimum absolute atomic E-state index is 0.0681. The molecule has 2 rings (SSSR count). The summed E-state index contributed by atoms with van der Waals surface area (Å²) in [6.07, 6.45) is 2.86. The molecule has 0 unspecified atom stereocenters. The van der Waals surface area contributed by atoms with Crippen molar-refractivity contribution in [1.82, 2.24) is 4.90 Å². The van der Waals surface area contributed by atoms with E-state index in [1.165, 1.54) is 18.9 Å². The Labute approximate surface area is 125 Å². The van der Waals surface area contributed by atoms with Gasteiger partial charge in [-0.25, -0.2) is 4.79 Å². The van der Waals surface area contributed by atoms with Crippen LogP contribution in [0.15, 0.2) is 12.1 Å². The molecular weight excluding hydrogens is 268 g/mol. The van der Waals surface area contributed by atoms with Crippen LogP contribution in [0.25, 0.3) is 0 Å². The van der Waals surface area contributed by atoms with Crippen LogP contribution in [0.2, 0.25) is 0 Å². The van der Waals surface area contributed by atoms with E-state index >= 15 is 0 Å². The number of carboxylic acid groups (broad SMARTS) is 1. The maximum Gasteiger partial charge on any atom is 0.336 e.